The molecule has 0 saturated heterocycles. The van der Waals surface area contributed by atoms with Crippen LogP contribution in [0.25, 0.3) is 6.08 Å². The molecule has 0 aromatic heterocycles. The highest BCUT2D eigenvalue weighted by Gasteiger charge is 2.27. The number of fused-ring (bicyclic) bond motifs is 1. The molecule has 2 amide bonds. The monoisotopic (exact) mass is 336 g/mol. The maximum Gasteiger partial charge on any atom is 0.223 e. The highest BCUT2D eigenvalue weighted by atomic mass is 16.3. The zero-order valence-electron chi connectivity index (χ0n) is 14.0. The molecule has 0 bridgehead atoms. The van der Waals surface area contributed by atoms with Crippen LogP contribution in [-0.2, 0) is 16.1 Å². The van der Waals surface area contributed by atoms with Crippen molar-refractivity contribution in [3.05, 3.63) is 71.4 Å². The van der Waals surface area contributed by atoms with Crippen molar-refractivity contribution in [3.8, 4) is 5.75 Å². The number of hydrogen-bond acceptors (Lipinski definition) is 3. The molecule has 1 aliphatic heterocycles. The highest BCUT2D eigenvalue weighted by Crippen LogP contribution is 2.32. The number of phenolic OH excluding ortho intramolecular Hbond substituents is 1. The molecule has 0 saturated carbocycles. The highest BCUT2D eigenvalue weighted by molar-refractivity contribution is 5.81. The molecule has 0 radical (unpaired) electrons. The summed E-state index contributed by atoms with van der Waals surface area (Å²) in [5.41, 5.74) is 2.80. The molecule has 3 rings (SSSR count). The van der Waals surface area contributed by atoms with Gasteiger partial charge < -0.3 is 15.3 Å². The lowest BCUT2D eigenvalue weighted by atomic mass is 9.93. The minimum Gasteiger partial charge on any atom is -0.508 e. The van der Waals surface area contributed by atoms with Crippen molar-refractivity contribution in [2.45, 2.75) is 25.9 Å². The molecule has 1 unspecified atom stereocenters. The first-order valence-corrected chi connectivity index (χ1v) is 8.15. The van der Waals surface area contributed by atoms with E-state index in [1.165, 1.54) is 6.92 Å². The van der Waals surface area contributed by atoms with E-state index in [1.807, 2.05) is 36.4 Å². The van der Waals surface area contributed by atoms with Crippen LogP contribution >= 0.6 is 0 Å². The number of hydrogen-bond donors (Lipinski definition) is 2. The number of rotatable bonds is 4. The van der Waals surface area contributed by atoms with Gasteiger partial charge in [-0.05, 0) is 34.9 Å². The van der Waals surface area contributed by atoms with Crippen LogP contribution in [0.3, 0.4) is 0 Å². The van der Waals surface area contributed by atoms with E-state index in [2.05, 4.69) is 5.32 Å². The van der Waals surface area contributed by atoms with Crippen LogP contribution in [0.2, 0.25) is 0 Å². The number of amides is 2. The second-order valence-electron chi connectivity index (χ2n) is 6.04. The minimum absolute atomic E-state index is 0.100. The summed E-state index contributed by atoms with van der Waals surface area (Å²) in [6, 6.07) is 14.2. The number of carbonyl (C=O) groups excluding carboxylic acids is 2. The molecular formula is C20H20N2O3. The maximum atomic E-state index is 12.4. The Hall–Kier alpha value is -3.08. The fourth-order valence-electron chi connectivity index (χ4n) is 3.03. The van der Waals surface area contributed by atoms with Crippen LogP contribution in [0, 0.1) is 0 Å². The Labute approximate surface area is 146 Å². The first kappa shape index (κ1) is 16.8. The predicted octanol–water partition coefficient (Wildman–Crippen LogP) is 2.97. The molecule has 0 fully saturated rings. The van der Waals surface area contributed by atoms with Crippen molar-refractivity contribution in [1.29, 1.82) is 0 Å². The first-order chi connectivity index (χ1) is 12.0. The average molecular weight is 336 g/mol. The average Bonchev–Trinajstić information content (AvgIpc) is 2.60. The summed E-state index contributed by atoms with van der Waals surface area (Å²) in [6.45, 7) is 1.83. The van der Waals surface area contributed by atoms with Gasteiger partial charge in [-0.1, -0.05) is 36.4 Å². The van der Waals surface area contributed by atoms with E-state index < -0.39 is 0 Å². The molecule has 1 aliphatic rings. The molecule has 1 atom stereocenters. The zero-order valence-corrected chi connectivity index (χ0v) is 14.0. The SMILES string of the molecule is CC(=O)N1C=Cc2ccccc2C1CC(=O)NCc1cccc(O)c1. The Morgan fingerprint density at radius 3 is 2.72 bits per heavy atom. The van der Waals surface area contributed by atoms with E-state index in [0.29, 0.717) is 6.54 Å². The van der Waals surface area contributed by atoms with E-state index in [1.54, 1.807) is 29.3 Å². The van der Waals surface area contributed by atoms with Crippen LogP contribution in [0.1, 0.15) is 36.1 Å². The molecule has 2 N–H and O–H groups in total. The molecule has 0 spiro atoms. The third-order valence-corrected chi connectivity index (χ3v) is 4.25. The van der Waals surface area contributed by atoms with Gasteiger partial charge in [0.15, 0.2) is 0 Å². The minimum atomic E-state index is -0.317. The summed E-state index contributed by atoms with van der Waals surface area (Å²) >= 11 is 0. The lowest BCUT2D eigenvalue weighted by Gasteiger charge is -2.32. The van der Waals surface area contributed by atoms with Crippen LogP contribution in [0.15, 0.2) is 54.7 Å². The Bertz CT molecular complexity index is 829. The molecule has 2 aromatic rings. The summed E-state index contributed by atoms with van der Waals surface area (Å²) in [5, 5.41) is 12.3. The van der Waals surface area contributed by atoms with Gasteiger partial charge >= 0.3 is 0 Å². The number of phenols is 1. The van der Waals surface area contributed by atoms with Gasteiger partial charge in [0.25, 0.3) is 0 Å². The zero-order chi connectivity index (χ0) is 17.8. The lowest BCUT2D eigenvalue weighted by Crippen LogP contribution is -2.35. The van der Waals surface area contributed by atoms with E-state index >= 15 is 0 Å². The molecule has 0 aliphatic carbocycles. The standard InChI is InChI=1S/C20H20N2O3/c1-14(23)22-10-9-16-6-2-3-8-18(16)19(22)12-20(25)21-13-15-5-4-7-17(24)11-15/h2-11,19,24H,12-13H2,1H3,(H,21,25). The number of carbonyl (C=O) groups is 2. The largest absolute Gasteiger partial charge is 0.508 e. The number of nitrogens with zero attached hydrogens (tertiary/aromatic N) is 1. The molecule has 25 heavy (non-hydrogen) atoms. The molecule has 128 valence electrons. The summed E-state index contributed by atoms with van der Waals surface area (Å²) in [5.74, 6) is -0.0814. The molecule has 5 heteroatoms. The van der Waals surface area contributed by atoms with Gasteiger partial charge in [0.05, 0.1) is 12.5 Å². The second-order valence-corrected chi connectivity index (χ2v) is 6.04. The number of aromatic hydroxyl groups is 1. The Balaban J connectivity index is 1.72. The topological polar surface area (TPSA) is 69.6 Å². The van der Waals surface area contributed by atoms with Crippen molar-refractivity contribution in [1.82, 2.24) is 10.2 Å². The summed E-state index contributed by atoms with van der Waals surface area (Å²) in [7, 11) is 0. The second kappa shape index (κ2) is 7.21. The van der Waals surface area contributed by atoms with Crippen LogP contribution in [-0.4, -0.2) is 21.8 Å². The number of nitrogens with one attached hydrogen (secondary N) is 1. The Morgan fingerprint density at radius 1 is 1.16 bits per heavy atom. The van der Waals surface area contributed by atoms with Gasteiger partial charge in [0.2, 0.25) is 11.8 Å². The van der Waals surface area contributed by atoms with Gasteiger partial charge in [0.1, 0.15) is 5.75 Å². The van der Waals surface area contributed by atoms with Crippen molar-refractivity contribution >= 4 is 17.9 Å². The van der Waals surface area contributed by atoms with Gasteiger partial charge in [-0.3, -0.25) is 9.59 Å². The van der Waals surface area contributed by atoms with Gasteiger partial charge in [-0.25, -0.2) is 0 Å². The first-order valence-electron chi connectivity index (χ1n) is 8.15. The van der Waals surface area contributed by atoms with E-state index in [-0.39, 0.29) is 30.0 Å². The normalized spacial score (nSPS) is 15.6. The fourth-order valence-corrected chi connectivity index (χ4v) is 3.03. The van der Waals surface area contributed by atoms with Crippen molar-refractivity contribution in [2.75, 3.05) is 0 Å². The lowest BCUT2D eigenvalue weighted by molar-refractivity contribution is -0.130. The van der Waals surface area contributed by atoms with Gasteiger partial charge in [-0.15, -0.1) is 0 Å². The van der Waals surface area contributed by atoms with E-state index in [4.69, 9.17) is 0 Å². The van der Waals surface area contributed by atoms with Crippen molar-refractivity contribution in [3.63, 3.8) is 0 Å². The molecule has 1 heterocycles. The smallest absolute Gasteiger partial charge is 0.223 e. The van der Waals surface area contributed by atoms with Crippen molar-refractivity contribution < 1.29 is 14.7 Å². The van der Waals surface area contributed by atoms with Crippen LogP contribution < -0.4 is 5.32 Å². The molecule has 2 aromatic carbocycles. The van der Waals surface area contributed by atoms with Gasteiger partial charge in [-0.2, -0.15) is 0 Å². The number of benzene rings is 2. The van der Waals surface area contributed by atoms with Crippen LogP contribution in [0.5, 0.6) is 5.75 Å². The Morgan fingerprint density at radius 2 is 1.96 bits per heavy atom. The molecular weight excluding hydrogens is 316 g/mol. The predicted molar refractivity (Wildman–Crippen MR) is 95.3 cm³/mol. The third-order valence-electron chi connectivity index (χ3n) is 4.25. The maximum absolute atomic E-state index is 12.4. The molecule has 5 nitrogen and oxygen atoms in total. The summed E-state index contributed by atoms with van der Waals surface area (Å²) in [4.78, 5) is 25.9. The fraction of sp³-hybridized carbons (Fsp3) is 0.200. The van der Waals surface area contributed by atoms with Gasteiger partial charge in [0, 0.05) is 19.7 Å². The summed E-state index contributed by atoms with van der Waals surface area (Å²) < 4.78 is 0. The van der Waals surface area contributed by atoms with Crippen molar-refractivity contribution in [2.24, 2.45) is 0 Å². The quantitative estimate of drug-likeness (QED) is 0.902. The van der Waals surface area contributed by atoms with E-state index in [9.17, 15) is 14.7 Å². The van der Waals surface area contributed by atoms with Crippen LogP contribution in [0.4, 0.5) is 0 Å². The summed E-state index contributed by atoms with van der Waals surface area (Å²) in [6.07, 6.45) is 3.80. The van der Waals surface area contributed by atoms with E-state index in [0.717, 1.165) is 16.7 Å². The third kappa shape index (κ3) is 3.88. The Kier molecular flexibility index (Phi) is 4.84.